The van der Waals surface area contributed by atoms with Gasteiger partial charge in [-0.15, -0.1) is 12.1 Å². The molecule has 0 atom stereocenters. The van der Waals surface area contributed by atoms with E-state index in [4.69, 9.17) is 5.73 Å². The van der Waals surface area contributed by atoms with Crippen LogP contribution in [-0.4, -0.2) is 9.97 Å². The number of anilines is 1. The van der Waals surface area contributed by atoms with Crippen LogP contribution in [0.4, 0.5) is 5.95 Å². The molecule has 3 nitrogen and oxygen atoms in total. The monoisotopic (exact) mass is 361 g/mol. The first-order chi connectivity index (χ1) is 5.86. The van der Waals surface area contributed by atoms with Gasteiger partial charge in [0, 0.05) is 0 Å². The molecule has 3 N–H and O–H groups in total. The first kappa shape index (κ1) is 15.6. The first-order valence-corrected chi connectivity index (χ1v) is 3.97. The van der Waals surface area contributed by atoms with Gasteiger partial charge in [0.25, 0.3) is 0 Å². The molecular formula is C10H15N3W. The van der Waals surface area contributed by atoms with Crippen LogP contribution in [0.1, 0.15) is 13.8 Å². The van der Waals surface area contributed by atoms with E-state index < -0.39 is 0 Å². The van der Waals surface area contributed by atoms with E-state index in [1.807, 2.05) is 26.0 Å². The summed E-state index contributed by atoms with van der Waals surface area (Å²) in [5.41, 5.74) is 7.23. The summed E-state index contributed by atoms with van der Waals surface area (Å²) in [7, 11) is 0. The molecule has 0 saturated heterocycles. The summed E-state index contributed by atoms with van der Waals surface area (Å²) in [5.74, 6) is 0.453. The van der Waals surface area contributed by atoms with Gasteiger partial charge in [0.2, 0.25) is 0 Å². The molecule has 0 unspecified atom stereocenters. The standard InChI is InChI=1S/C7H6N3.C2H6.CH3.W/c8-7-9-5-3-1-2-4-6(5)10-7;1-2;;/h1,3-4H,(H3,8,9,10);1-2H3;1H3;/q-1;;-1;+2. The molecule has 0 aliphatic rings. The zero-order valence-corrected chi connectivity index (χ0v) is 11.6. The van der Waals surface area contributed by atoms with E-state index in [1.165, 1.54) is 0 Å². The van der Waals surface area contributed by atoms with Gasteiger partial charge < -0.3 is 18.1 Å². The van der Waals surface area contributed by atoms with Gasteiger partial charge in [-0.25, -0.2) is 0 Å². The van der Waals surface area contributed by atoms with E-state index in [0.29, 0.717) is 5.95 Å². The average molecular weight is 361 g/mol. The Kier molecular flexibility index (Phi) is 8.46. The van der Waals surface area contributed by atoms with E-state index in [2.05, 4.69) is 16.0 Å². The third-order valence-corrected chi connectivity index (χ3v) is 1.35. The number of hydrogen-bond acceptors (Lipinski definition) is 2. The van der Waals surface area contributed by atoms with E-state index in [9.17, 15) is 0 Å². The van der Waals surface area contributed by atoms with E-state index in [0.717, 1.165) is 11.0 Å². The number of nitrogens with zero attached hydrogens (tertiary/aromatic N) is 1. The maximum absolute atomic E-state index is 5.41. The summed E-state index contributed by atoms with van der Waals surface area (Å²) < 4.78 is 0. The van der Waals surface area contributed by atoms with Crippen LogP contribution in [0.15, 0.2) is 18.2 Å². The van der Waals surface area contributed by atoms with Crippen molar-refractivity contribution in [3.05, 3.63) is 31.7 Å². The average Bonchev–Trinajstić information content (AvgIpc) is 2.48. The van der Waals surface area contributed by atoms with Crippen LogP contribution in [0.5, 0.6) is 0 Å². The molecule has 2 aromatic rings. The zero-order valence-electron chi connectivity index (χ0n) is 8.66. The molecule has 1 aromatic carbocycles. The van der Waals surface area contributed by atoms with Gasteiger partial charge >= 0.3 is 21.1 Å². The second-order valence-electron chi connectivity index (χ2n) is 2.07. The second-order valence-corrected chi connectivity index (χ2v) is 2.07. The van der Waals surface area contributed by atoms with Crippen molar-refractivity contribution in [2.75, 3.05) is 5.73 Å². The fourth-order valence-corrected chi connectivity index (χ4v) is 0.916. The van der Waals surface area contributed by atoms with Gasteiger partial charge in [0.1, 0.15) is 0 Å². The Balaban J connectivity index is 0. The van der Waals surface area contributed by atoms with Gasteiger partial charge in [-0.3, -0.25) is 4.98 Å². The van der Waals surface area contributed by atoms with E-state index in [1.54, 1.807) is 6.07 Å². The maximum atomic E-state index is 5.41. The van der Waals surface area contributed by atoms with Crippen LogP contribution < -0.4 is 5.73 Å². The normalized spacial score (nSPS) is 7.86. The molecule has 14 heavy (non-hydrogen) atoms. The number of aromatic amines is 1. The minimum absolute atomic E-state index is 0. The number of nitrogen functional groups attached to an aromatic ring is 1. The molecule has 4 heteroatoms. The number of rotatable bonds is 0. The Morgan fingerprint density at radius 1 is 1.43 bits per heavy atom. The number of benzene rings is 1. The number of imidazole rings is 1. The number of hydrogen-bond donors (Lipinski definition) is 2. The Hall–Kier alpha value is -0.822. The third kappa shape index (κ3) is 3.50. The van der Waals surface area contributed by atoms with Gasteiger partial charge in [-0.2, -0.15) is 12.1 Å². The Bertz CT molecular complexity index is 324. The van der Waals surface area contributed by atoms with Crippen LogP contribution in [0.25, 0.3) is 11.0 Å². The molecule has 0 aliphatic carbocycles. The molecule has 0 bridgehead atoms. The predicted octanol–water partition coefficient (Wildman–Crippen LogP) is 2.42. The summed E-state index contributed by atoms with van der Waals surface area (Å²) >= 11 is 0. The second kappa shape index (κ2) is 7.57. The van der Waals surface area contributed by atoms with Crippen molar-refractivity contribution in [2.45, 2.75) is 13.8 Å². The topological polar surface area (TPSA) is 54.7 Å². The van der Waals surface area contributed by atoms with Crippen molar-refractivity contribution in [1.82, 2.24) is 9.97 Å². The van der Waals surface area contributed by atoms with Gasteiger partial charge in [-0.05, 0) is 11.0 Å². The number of fused-ring (bicyclic) bond motifs is 1. The van der Waals surface area contributed by atoms with E-state index >= 15 is 0 Å². The molecule has 1 heterocycles. The van der Waals surface area contributed by atoms with Gasteiger partial charge in [-0.1, -0.05) is 13.8 Å². The molecular weight excluding hydrogens is 346 g/mol. The summed E-state index contributed by atoms with van der Waals surface area (Å²) in [6.07, 6.45) is 0. The number of aromatic nitrogens is 2. The number of H-pyrrole nitrogens is 1. The van der Waals surface area contributed by atoms with Gasteiger partial charge in [0.15, 0.2) is 5.95 Å². The zero-order chi connectivity index (χ0) is 8.97. The minimum atomic E-state index is 0. The molecule has 0 fully saturated rings. The van der Waals surface area contributed by atoms with Crippen LogP contribution in [0.2, 0.25) is 0 Å². The van der Waals surface area contributed by atoms with E-state index in [-0.39, 0.29) is 28.5 Å². The summed E-state index contributed by atoms with van der Waals surface area (Å²) in [4.78, 5) is 6.91. The number of nitrogens with one attached hydrogen (secondary N) is 1. The number of nitrogens with two attached hydrogens (primary N) is 1. The Labute approximate surface area is 99.4 Å². The summed E-state index contributed by atoms with van der Waals surface area (Å²) in [6, 6.07) is 8.41. The molecule has 2 rings (SSSR count). The minimum Gasteiger partial charge on any atom is -0.370 e. The molecule has 0 radical (unpaired) electrons. The summed E-state index contributed by atoms with van der Waals surface area (Å²) in [6.45, 7) is 4.00. The molecule has 0 amide bonds. The smallest absolute Gasteiger partial charge is 0.370 e. The van der Waals surface area contributed by atoms with Crippen LogP contribution in [0.3, 0.4) is 0 Å². The van der Waals surface area contributed by atoms with Crippen molar-refractivity contribution in [3.63, 3.8) is 0 Å². The fraction of sp³-hybridized carbons (Fsp3) is 0.200. The van der Waals surface area contributed by atoms with Crippen molar-refractivity contribution < 1.29 is 21.1 Å². The predicted molar refractivity (Wildman–Crippen MR) is 57.1 cm³/mol. The summed E-state index contributed by atoms with van der Waals surface area (Å²) in [5, 5.41) is 0. The molecule has 0 aliphatic heterocycles. The van der Waals surface area contributed by atoms with Crippen molar-refractivity contribution in [3.8, 4) is 0 Å². The SMILES string of the molecule is CC.Nc1nc2c[c-]ccc2[nH]1.[CH3-].[W+2]. The quantitative estimate of drug-likeness (QED) is 0.709. The fourth-order valence-electron chi connectivity index (χ4n) is 0.916. The van der Waals surface area contributed by atoms with Crippen LogP contribution in [0, 0.1) is 13.5 Å². The first-order valence-electron chi connectivity index (χ1n) is 3.97. The van der Waals surface area contributed by atoms with Crippen molar-refractivity contribution in [2.24, 2.45) is 0 Å². The van der Waals surface area contributed by atoms with Crippen LogP contribution in [-0.2, 0) is 21.1 Å². The molecule has 0 saturated carbocycles. The Morgan fingerprint density at radius 2 is 2.07 bits per heavy atom. The largest absolute Gasteiger partial charge is 2.00 e. The third-order valence-electron chi connectivity index (χ3n) is 1.35. The molecule has 1 aromatic heterocycles. The van der Waals surface area contributed by atoms with Crippen molar-refractivity contribution >= 4 is 17.0 Å². The van der Waals surface area contributed by atoms with Gasteiger partial charge in [0.05, 0.1) is 0 Å². The van der Waals surface area contributed by atoms with Crippen molar-refractivity contribution in [1.29, 1.82) is 0 Å². The Morgan fingerprint density at radius 3 is 2.64 bits per heavy atom. The van der Waals surface area contributed by atoms with Crippen LogP contribution >= 0.6 is 0 Å². The molecule has 76 valence electrons. The maximum Gasteiger partial charge on any atom is 2.00 e. The molecule has 0 spiro atoms.